The number of aryl methyl sites for hydroxylation is 1. The molecule has 3 heterocycles. The van der Waals surface area contributed by atoms with Gasteiger partial charge in [-0.1, -0.05) is 11.6 Å². The number of aromatic nitrogens is 2. The molecule has 3 nitrogen and oxygen atoms in total. The maximum absolute atomic E-state index is 5.97. The van der Waals surface area contributed by atoms with Gasteiger partial charge in [0, 0.05) is 9.75 Å². The van der Waals surface area contributed by atoms with E-state index in [1.54, 1.807) is 29.0 Å². The monoisotopic (exact) mass is 309 g/mol. The van der Waals surface area contributed by atoms with Crippen LogP contribution in [0.25, 0.3) is 10.2 Å². The van der Waals surface area contributed by atoms with Crippen molar-refractivity contribution in [3.63, 3.8) is 0 Å². The lowest BCUT2D eigenvalue weighted by atomic mass is 10.2. The molecule has 3 aromatic rings. The lowest BCUT2D eigenvalue weighted by molar-refractivity contribution is 0.898. The first-order valence-corrected chi connectivity index (χ1v) is 7.87. The van der Waals surface area contributed by atoms with Gasteiger partial charge < -0.3 is 5.32 Å². The van der Waals surface area contributed by atoms with Gasteiger partial charge in [-0.15, -0.1) is 22.7 Å². The van der Waals surface area contributed by atoms with Crippen LogP contribution in [-0.4, -0.2) is 9.97 Å². The van der Waals surface area contributed by atoms with Crippen molar-refractivity contribution in [1.82, 2.24) is 9.97 Å². The van der Waals surface area contributed by atoms with Crippen LogP contribution in [0.15, 0.2) is 24.5 Å². The van der Waals surface area contributed by atoms with E-state index in [1.807, 2.05) is 12.1 Å². The minimum absolute atomic E-state index is 0.177. The van der Waals surface area contributed by atoms with Crippen LogP contribution in [0.1, 0.15) is 22.7 Å². The van der Waals surface area contributed by atoms with Crippen LogP contribution in [0, 0.1) is 6.92 Å². The Bertz CT molecular complexity index is 720. The number of nitrogens with zero attached hydrogens (tertiary/aromatic N) is 2. The van der Waals surface area contributed by atoms with E-state index in [4.69, 9.17) is 11.6 Å². The van der Waals surface area contributed by atoms with Gasteiger partial charge in [0.1, 0.15) is 17.0 Å². The van der Waals surface area contributed by atoms with Crippen LogP contribution >= 0.6 is 34.3 Å². The standard InChI is InChI=1S/C13H12ClN3S2/c1-7-5-9-12(15-6-16-13(9)18-7)17-8(2)10-3-4-11(14)19-10/h3-6,8H,1-2H3,(H,15,16,17). The molecule has 3 rings (SSSR count). The van der Waals surface area contributed by atoms with E-state index in [1.165, 1.54) is 9.75 Å². The first-order chi connectivity index (χ1) is 9.13. The highest BCUT2D eigenvalue weighted by molar-refractivity contribution is 7.18. The van der Waals surface area contributed by atoms with Crippen molar-refractivity contribution < 1.29 is 0 Å². The summed E-state index contributed by atoms with van der Waals surface area (Å²) in [6.45, 7) is 4.19. The summed E-state index contributed by atoms with van der Waals surface area (Å²) in [6, 6.07) is 6.26. The lowest BCUT2D eigenvalue weighted by Gasteiger charge is -2.13. The fourth-order valence-corrected chi connectivity index (χ4v) is 3.84. The average molecular weight is 310 g/mol. The Kier molecular flexibility index (Phi) is 3.43. The van der Waals surface area contributed by atoms with Crippen LogP contribution in [-0.2, 0) is 0 Å². The highest BCUT2D eigenvalue weighted by atomic mass is 35.5. The largest absolute Gasteiger partial charge is 0.362 e. The zero-order valence-corrected chi connectivity index (χ0v) is 12.9. The molecule has 0 amide bonds. The third-order valence-electron chi connectivity index (χ3n) is 2.83. The molecule has 0 saturated carbocycles. The SMILES string of the molecule is Cc1cc2c(NC(C)c3ccc(Cl)s3)ncnc2s1. The Morgan fingerprint density at radius 2 is 2.11 bits per heavy atom. The van der Waals surface area contributed by atoms with Crippen LogP contribution in [0.2, 0.25) is 4.34 Å². The first kappa shape index (κ1) is 12.8. The molecule has 98 valence electrons. The van der Waals surface area contributed by atoms with Gasteiger partial charge in [-0.3, -0.25) is 0 Å². The Morgan fingerprint density at radius 3 is 2.84 bits per heavy atom. The quantitative estimate of drug-likeness (QED) is 0.748. The molecule has 19 heavy (non-hydrogen) atoms. The van der Waals surface area contributed by atoms with E-state index < -0.39 is 0 Å². The summed E-state index contributed by atoms with van der Waals surface area (Å²) in [5.41, 5.74) is 0. The summed E-state index contributed by atoms with van der Waals surface area (Å²) in [6.07, 6.45) is 1.61. The second kappa shape index (κ2) is 5.07. The number of hydrogen-bond acceptors (Lipinski definition) is 5. The van der Waals surface area contributed by atoms with Crippen LogP contribution in [0.4, 0.5) is 5.82 Å². The first-order valence-electron chi connectivity index (χ1n) is 5.86. The summed E-state index contributed by atoms with van der Waals surface area (Å²) in [5.74, 6) is 0.881. The van der Waals surface area contributed by atoms with Gasteiger partial charge in [0.25, 0.3) is 0 Å². The van der Waals surface area contributed by atoms with E-state index >= 15 is 0 Å². The van der Waals surface area contributed by atoms with Gasteiger partial charge in [0.2, 0.25) is 0 Å². The lowest BCUT2D eigenvalue weighted by Crippen LogP contribution is -2.06. The predicted octanol–water partition coefficient (Wildman–Crippen LogP) is 4.89. The van der Waals surface area contributed by atoms with Crippen molar-refractivity contribution in [1.29, 1.82) is 0 Å². The molecule has 0 bridgehead atoms. The number of fused-ring (bicyclic) bond motifs is 1. The third kappa shape index (κ3) is 2.59. The minimum atomic E-state index is 0.177. The van der Waals surface area contributed by atoms with Crippen LogP contribution < -0.4 is 5.32 Å². The molecule has 0 aliphatic rings. The molecule has 0 aliphatic carbocycles. The second-order valence-corrected chi connectivity index (χ2v) is 7.29. The zero-order valence-electron chi connectivity index (χ0n) is 10.5. The molecule has 0 saturated heterocycles. The van der Waals surface area contributed by atoms with Gasteiger partial charge in [0.05, 0.1) is 15.8 Å². The molecule has 0 radical (unpaired) electrons. The Balaban J connectivity index is 1.92. The summed E-state index contributed by atoms with van der Waals surface area (Å²) in [4.78, 5) is 12.1. The van der Waals surface area contributed by atoms with E-state index in [2.05, 4.69) is 35.2 Å². The zero-order chi connectivity index (χ0) is 13.4. The fraction of sp³-hybridized carbons (Fsp3) is 0.231. The molecule has 1 unspecified atom stereocenters. The van der Waals surface area contributed by atoms with Crippen molar-refractivity contribution in [2.24, 2.45) is 0 Å². The van der Waals surface area contributed by atoms with Crippen molar-refractivity contribution >= 4 is 50.3 Å². The molecular weight excluding hydrogens is 298 g/mol. The molecule has 0 fully saturated rings. The Labute approximate surface area is 124 Å². The van der Waals surface area contributed by atoms with Crippen LogP contribution in [0.3, 0.4) is 0 Å². The smallest absolute Gasteiger partial charge is 0.138 e. The molecule has 1 N–H and O–H groups in total. The van der Waals surface area contributed by atoms with Gasteiger partial charge in [-0.25, -0.2) is 9.97 Å². The van der Waals surface area contributed by atoms with Gasteiger partial charge in [-0.05, 0) is 32.0 Å². The molecule has 6 heteroatoms. The van der Waals surface area contributed by atoms with E-state index in [-0.39, 0.29) is 6.04 Å². The highest BCUT2D eigenvalue weighted by Crippen LogP contribution is 2.32. The molecular formula is C13H12ClN3S2. The second-order valence-electron chi connectivity index (χ2n) is 4.31. The minimum Gasteiger partial charge on any atom is -0.362 e. The summed E-state index contributed by atoms with van der Waals surface area (Å²) >= 11 is 9.24. The predicted molar refractivity (Wildman–Crippen MR) is 83.5 cm³/mol. The number of nitrogens with one attached hydrogen (secondary N) is 1. The molecule has 3 aromatic heterocycles. The topological polar surface area (TPSA) is 37.8 Å². The fourth-order valence-electron chi connectivity index (χ4n) is 1.93. The molecule has 1 atom stereocenters. The average Bonchev–Trinajstić information content (AvgIpc) is 2.95. The summed E-state index contributed by atoms with van der Waals surface area (Å²) in [7, 11) is 0. The van der Waals surface area contributed by atoms with Gasteiger partial charge in [0.15, 0.2) is 0 Å². The third-order valence-corrected chi connectivity index (χ3v) is 5.20. The maximum atomic E-state index is 5.97. The van der Waals surface area contributed by atoms with E-state index in [0.29, 0.717) is 0 Å². The number of anilines is 1. The maximum Gasteiger partial charge on any atom is 0.138 e. The number of rotatable bonds is 3. The molecule has 0 aromatic carbocycles. The number of halogens is 1. The van der Waals surface area contributed by atoms with E-state index in [9.17, 15) is 0 Å². The van der Waals surface area contributed by atoms with Gasteiger partial charge >= 0.3 is 0 Å². The van der Waals surface area contributed by atoms with Crippen molar-refractivity contribution in [2.45, 2.75) is 19.9 Å². The van der Waals surface area contributed by atoms with Gasteiger partial charge in [-0.2, -0.15) is 0 Å². The number of thiophene rings is 2. The highest BCUT2D eigenvalue weighted by Gasteiger charge is 2.12. The van der Waals surface area contributed by atoms with Crippen LogP contribution in [0.5, 0.6) is 0 Å². The molecule has 0 spiro atoms. The van der Waals surface area contributed by atoms with E-state index in [0.717, 1.165) is 20.4 Å². The number of hydrogen-bond donors (Lipinski definition) is 1. The molecule has 0 aliphatic heterocycles. The van der Waals surface area contributed by atoms with Crippen molar-refractivity contribution in [3.05, 3.63) is 38.6 Å². The normalized spacial score (nSPS) is 12.8. The van der Waals surface area contributed by atoms with Crippen molar-refractivity contribution in [3.8, 4) is 0 Å². The summed E-state index contributed by atoms with van der Waals surface area (Å²) < 4.78 is 0.808. The Morgan fingerprint density at radius 1 is 1.26 bits per heavy atom. The summed E-state index contributed by atoms with van der Waals surface area (Å²) in [5, 5.41) is 4.52. The van der Waals surface area contributed by atoms with Crippen molar-refractivity contribution in [2.75, 3.05) is 5.32 Å². The Hall–Kier alpha value is -1.17.